The minimum Gasteiger partial charge on any atom is -0.348 e. The second-order valence-electron chi connectivity index (χ2n) is 7.78. The Morgan fingerprint density at radius 3 is 2.15 bits per heavy atom. The van der Waals surface area contributed by atoms with E-state index >= 15 is 0 Å². The third-order valence-electron chi connectivity index (χ3n) is 4.53. The highest BCUT2D eigenvalue weighted by atomic mass is 16.1. The van der Waals surface area contributed by atoms with Crippen LogP contribution in [-0.4, -0.2) is 19.9 Å². The van der Waals surface area contributed by atoms with Gasteiger partial charge in [-0.2, -0.15) is 0 Å². The summed E-state index contributed by atoms with van der Waals surface area (Å²) in [6.45, 7) is 10.2. The van der Waals surface area contributed by atoms with Crippen LogP contribution in [0.25, 0.3) is 12.2 Å². The van der Waals surface area contributed by atoms with Crippen LogP contribution in [-0.2, 0) is 5.41 Å². The van der Waals surface area contributed by atoms with Gasteiger partial charge in [-0.05, 0) is 42.7 Å². The van der Waals surface area contributed by atoms with E-state index in [4.69, 9.17) is 0 Å². The summed E-state index contributed by atoms with van der Waals surface area (Å²) in [4.78, 5) is 37.6. The monoisotopic (exact) mass is 364 g/mol. The predicted octanol–water partition coefficient (Wildman–Crippen LogP) is 1.36. The van der Waals surface area contributed by atoms with Crippen LogP contribution in [0.4, 0.5) is 0 Å². The van der Waals surface area contributed by atoms with Crippen molar-refractivity contribution in [1.29, 1.82) is 0 Å². The third kappa shape index (κ3) is 4.00. The van der Waals surface area contributed by atoms with E-state index in [0.717, 1.165) is 16.8 Å². The smallest absolute Gasteiger partial charge is 0.272 e. The van der Waals surface area contributed by atoms with E-state index in [0.29, 0.717) is 5.69 Å². The average Bonchev–Trinajstić information content (AvgIpc) is 3.04. The zero-order valence-electron chi connectivity index (χ0n) is 16.2. The molecule has 0 radical (unpaired) electrons. The Bertz CT molecular complexity index is 1220. The van der Waals surface area contributed by atoms with Gasteiger partial charge in [0.15, 0.2) is 0 Å². The lowest BCUT2D eigenvalue weighted by atomic mass is 9.90. The first-order valence-corrected chi connectivity index (χ1v) is 8.82. The fraction of sp³-hybridized carbons (Fsp3) is 0.286. The summed E-state index contributed by atoms with van der Waals surface area (Å²) in [7, 11) is 0. The van der Waals surface area contributed by atoms with Crippen LogP contribution < -0.4 is 21.8 Å². The Labute approximate surface area is 156 Å². The molecule has 2 aromatic heterocycles. The Kier molecular flexibility index (Phi) is 4.74. The normalized spacial score (nSPS) is 13.4. The zero-order chi connectivity index (χ0) is 19.8. The van der Waals surface area contributed by atoms with E-state index < -0.39 is 0 Å². The van der Waals surface area contributed by atoms with Gasteiger partial charge in [-0.25, -0.2) is 4.98 Å². The second-order valence-corrected chi connectivity index (χ2v) is 7.78. The minimum atomic E-state index is -0.368. The van der Waals surface area contributed by atoms with E-state index in [1.54, 1.807) is 18.5 Å². The maximum absolute atomic E-state index is 12.5. The highest BCUT2D eigenvalue weighted by Gasteiger charge is 2.19. The Balaban J connectivity index is 2.13. The number of aryl methyl sites for hydroxylation is 2. The molecule has 3 aromatic rings. The molecular weight excluding hydrogens is 340 g/mol. The van der Waals surface area contributed by atoms with Gasteiger partial charge >= 0.3 is 0 Å². The molecule has 6 heteroatoms. The van der Waals surface area contributed by atoms with Crippen molar-refractivity contribution in [3.05, 3.63) is 84.0 Å². The number of H-pyrrole nitrogens is 3. The first kappa shape index (κ1) is 18.6. The summed E-state index contributed by atoms with van der Waals surface area (Å²) in [5, 5.41) is 0.397. The van der Waals surface area contributed by atoms with E-state index in [1.165, 1.54) is 5.56 Å². The van der Waals surface area contributed by atoms with E-state index in [2.05, 4.69) is 19.9 Å². The number of aromatic amines is 3. The first-order chi connectivity index (χ1) is 12.6. The average molecular weight is 364 g/mol. The number of nitrogens with zero attached hydrogens (tertiary/aromatic N) is 1. The van der Waals surface area contributed by atoms with Crippen molar-refractivity contribution < 1.29 is 0 Å². The lowest BCUT2D eigenvalue weighted by Gasteiger charge is -2.16. The van der Waals surface area contributed by atoms with Crippen molar-refractivity contribution in [2.45, 2.75) is 40.0 Å². The Morgan fingerprint density at radius 1 is 0.926 bits per heavy atom. The van der Waals surface area contributed by atoms with Crippen molar-refractivity contribution in [3.8, 4) is 0 Å². The molecule has 0 bridgehead atoms. The number of benzene rings is 1. The molecule has 0 amide bonds. The molecule has 2 heterocycles. The van der Waals surface area contributed by atoms with Crippen LogP contribution in [0, 0.1) is 13.8 Å². The van der Waals surface area contributed by atoms with Gasteiger partial charge in [-0.3, -0.25) is 9.59 Å². The highest BCUT2D eigenvalue weighted by molar-refractivity contribution is 5.51. The van der Waals surface area contributed by atoms with Crippen LogP contribution in [0.3, 0.4) is 0 Å². The quantitative estimate of drug-likeness (QED) is 0.641. The number of rotatable bonds is 2. The van der Waals surface area contributed by atoms with Gasteiger partial charge in [0.05, 0.1) is 12.0 Å². The zero-order valence-corrected chi connectivity index (χ0v) is 16.2. The van der Waals surface area contributed by atoms with Crippen LogP contribution in [0.2, 0.25) is 0 Å². The first-order valence-electron chi connectivity index (χ1n) is 8.82. The van der Waals surface area contributed by atoms with Gasteiger partial charge in [-0.15, -0.1) is 0 Å². The summed E-state index contributed by atoms with van der Waals surface area (Å²) in [6.07, 6.45) is 4.85. The summed E-state index contributed by atoms with van der Waals surface area (Å²) in [5.74, 6) is 0. The standard InChI is InChI=1S/C21H24N4O2/c1-12-6-7-14(8-13(12)2)9-16-19(26)25-17(20(27)24-16)10-15-18(21(3,4)5)23-11-22-15/h6-11H,1-5H3,(H,22,23)(H,24,27)(H,25,26). The second kappa shape index (κ2) is 6.87. The van der Waals surface area contributed by atoms with Gasteiger partial charge in [0.25, 0.3) is 11.1 Å². The van der Waals surface area contributed by atoms with Gasteiger partial charge in [0, 0.05) is 11.1 Å². The lowest BCUT2D eigenvalue weighted by molar-refractivity contribution is 0.571. The van der Waals surface area contributed by atoms with Crippen molar-refractivity contribution in [2.24, 2.45) is 0 Å². The molecule has 0 saturated carbocycles. The number of hydrogen-bond donors (Lipinski definition) is 3. The molecule has 0 aliphatic rings. The maximum atomic E-state index is 12.5. The van der Waals surface area contributed by atoms with Crippen LogP contribution in [0.5, 0.6) is 0 Å². The molecule has 0 aliphatic heterocycles. The SMILES string of the molecule is Cc1ccc(C=c2[nH]c(=O)c(=Cc3nc[nH]c3C(C)(C)C)[nH]c2=O)cc1C. The highest BCUT2D eigenvalue weighted by Crippen LogP contribution is 2.22. The molecule has 3 rings (SSSR count). The number of hydrogen-bond acceptors (Lipinski definition) is 3. The largest absolute Gasteiger partial charge is 0.348 e. The molecule has 6 nitrogen and oxygen atoms in total. The van der Waals surface area contributed by atoms with Crippen molar-refractivity contribution >= 4 is 12.2 Å². The fourth-order valence-electron chi connectivity index (χ4n) is 2.87. The van der Waals surface area contributed by atoms with E-state index in [-0.39, 0.29) is 27.2 Å². The number of aromatic nitrogens is 4. The van der Waals surface area contributed by atoms with Crippen LogP contribution >= 0.6 is 0 Å². The molecule has 0 spiro atoms. The predicted molar refractivity (Wildman–Crippen MR) is 107 cm³/mol. The minimum absolute atomic E-state index is 0.160. The lowest BCUT2D eigenvalue weighted by Crippen LogP contribution is -2.46. The molecule has 0 aliphatic carbocycles. The van der Waals surface area contributed by atoms with Crippen LogP contribution in [0.15, 0.2) is 34.1 Å². The van der Waals surface area contributed by atoms with E-state index in [1.807, 2.05) is 52.8 Å². The molecule has 0 atom stereocenters. The molecule has 1 aromatic carbocycles. The molecule has 0 unspecified atom stereocenters. The molecule has 0 saturated heterocycles. The molecule has 27 heavy (non-hydrogen) atoms. The topological polar surface area (TPSA) is 94.4 Å². The van der Waals surface area contributed by atoms with Gasteiger partial charge in [-0.1, -0.05) is 39.0 Å². The Morgan fingerprint density at radius 2 is 1.56 bits per heavy atom. The Hall–Kier alpha value is -3.15. The molecule has 0 fully saturated rings. The summed E-state index contributed by atoms with van der Waals surface area (Å²) < 4.78 is 0. The number of nitrogens with one attached hydrogen (secondary N) is 3. The fourth-order valence-corrected chi connectivity index (χ4v) is 2.87. The van der Waals surface area contributed by atoms with Gasteiger partial charge in [0.1, 0.15) is 10.7 Å². The van der Waals surface area contributed by atoms with Crippen molar-refractivity contribution in [3.63, 3.8) is 0 Å². The van der Waals surface area contributed by atoms with Gasteiger partial charge < -0.3 is 15.0 Å². The number of imidazole rings is 1. The van der Waals surface area contributed by atoms with E-state index in [9.17, 15) is 9.59 Å². The molecule has 3 N–H and O–H groups in total. The summed E-state index contributed by atoms with van der Waals surface area (Å²) in [6, 6.07) is 5.88. The summed E-state index contributed by atoms with van der Waals surface area (Å²) in [5.41, 5.74) is 3.81. The third-order valence-corrected chi connectivity index (χ3v) is 4.53. The molecule has 140 valence electrons. The maximum Gasteiger partial charge on any atom is 0.272 e. The van der Waals surface area contributed by atoms with Crippen LogP contribution in [0.1, 0.15) is 48.8 Å². The van der Waals surface area contributed by atoms with Gasteiger partial charge in [0.2, 0.25) is 0 Å². The summed E-state index contributed by atoms with van der Waals surface area (Å²) >= 11 is 0. The van der Waals surface area contributed by atoms with Crippen molar-refractivity contribution in [2.75, 3.05) is 0 Å². The molecular formula is C21H24N4O2. The van der Waals surface area contributed by atoms with Crippen molar-refractivity contribution in [1.82, 2.24) is 19.9 Å².